The molecule has 2 atom stereocenters. The van der Waals surface area contributed by atoms with Crippen molar-refractivity contribution in [3.05, 3.63) is 0 Å². The van der Waals surface area contributed by atoms with Crippen LogP contribution >= 0.6 is 0 Å². The lowest BCUT2D eigenvalue weighted by atomic mass is 9.94. The lowest BCUT2D eigenvalue weighted by molar-refractivity contribution is -0.134. The fraction of sp³-hybridized carbons (Fsp3) is 0.917. The van der Waals surface area contributed by atoms with Gasteiger partial charge in [0, 0.05) is 26.1 Å². The highest BCUT2D eigenvalue weighted by Gasteiger charge is 2.33. The van der Waals surface area contributed by atoms with Crippen molar-refractivity contribution in [1.82, 2.24) is 10.2 Å². The van der Waals surface area contributed by atoms with E-state index in [1.54, 1.807) is 0 Å². The zero-order chi connectivity index (χ0) is 11.5. The van der Waals surface area contributed by atoms with Gasteiger partial charge in [0.15, 0.2) is 0 Å². The maximum absolute atomic E-state index is 13.0. The third-order valence-corrected chi connectivity index (χ3v) is 3.85. The molecule has 1 saturated carbocycles. The Kier molecular flexibility index (Phi) is 3.79. The van der Waals surface area contributed by atoms with Crippen LogP contribution in [0.15, 0.2) is 0 Å². The van der Waals surface area contributed by atoms with Crippen LogP contribution in [0, 0.1) is 0 Å². The van der Waals surface area contributed by atoms with Gasteiger partial charge >= 0.3 is 0 Å². The Hall–Kier alpha value is -0.640. The Balaban J connectivity index is 1.88. The van der Waals surface area contributed by atoms with Gasteiger partial charge < -0.3 is 10.2 Å². The van der Waals surface area contributed by atoms with Gasteiger partial charge in [-0.25, -0.2) is 4.39 Å². The Labute approximate surface area is 96.4 Å². The average molecular weight is 228 g/mol. The lowest BCUT2D eigenvalue weighted by Gasteiger charge is -2.32. The standard InChI is InChI=1S/C12H21FN2O/c1-15(10-5-3-2-4-6-10)12(16)11-7-9(13)8-14-11/h9-11,14H,2-8H2,1H3/t9-,11+/m0/s1. The highest BCUT2D eigenvalue weighted by molar-refractivity contribution is 5.82. The molecule has 2 rings (SSSR count). The van der Waals surface area contributed by atoms with Crippen molar-refractivity contribution < 1.29 is 9.18 Å². The van der Waals surface area contributed by atoms with Crippen molar-refractivity contribution in [1.29, 1.82) is 0 Å². The second-order valence-electron chi connectivity index (χ2n) is 5.03. The quantitative estimate of drug-likeness (QED) is 0.776. The first-order valence-electron chi connectivity index (χ1n) is 6.32. The molecule has 1 N–H and O–H groups in total. The van der Waals surface area contributed by atoms with Gasteiger partial charge in [-0.3, -0.25) is 4.79 Å². The Morgan fingerprint density at radius 1 is 1.31 bits per heavy atom. The molecule has 0 radical (unpaired) electrons. The molecule has 0 bridgehead atoms. The summed E-state index contributed by atoms with van der Waals surface area (Å²) in [5.74, 6) is 0.0760. The van der Waals surface area contributed by atoms with Gasteiger partial charge in [0.05, 0.1) is 6.04 Å². The van der Waals surface area contributed by atoms with Crippen LogP contribution in [-0.2, 0) is 4.79 Å². The van der Waals surface area contributed by atoms with Gasteiger partial charge in [-0.15, -0.1) is 0 Å². The van der Waals surface area contributed by atoms with Gasteiger partial charge in [-0.2, -0.15) is 0 Å². The molecule has 1 aliphatic heterocycles. The molecular weight excluding hydrogens is 207 g/mol. The fourth-order valence-electron chi connectivity index (χ4n) is 2.77. The van der Waals surface area contributed by atoms with Gasteiger partial charge in [-0.1, -0.05) is 19.3 Å². The van der Waals surface area contributed by atoms with Crippen LogP contribution in [0.25, 0.3) is 0 Å². The zero-order valence-electron chi connectivity index (χ0n) is 9.92. The summed E-state index contributed by atoms with van der Waals surface area (Å²) in [7, 11) is 1.87. The smallest absolute Gasteiger partial charge is 0.239 e. The summed E-state index contributed by atoms with van der Waals surface area (Å²) in [4.78, 5) is 13.9. The van der Waals surface area contributed by atoms with E-state index in [-0.39, 0.29) is 11.9 Å². The van der Waals surface area contributed by atoms with E-state index < -0.39 is 6.17 Å². The van der Waals surface area contributed by atoms with E-state index in [0.717, 1.165) is 12.8 Å². The number of carbonyl (C=O) groups excluding carboxylic acids is 1. The summed E-state index contributed by atoms with van der Waals surface area (Å²) in [5.41, 5.74) is 0. The van der Waals surface area contributed by atoms with Crippen LogP contribution in [0.4, 0.5) is 4.39 Å². The van der Waals surface area contributed by atoms with Crippen LogP contribution in [-0.4, -0.2) is 42.7 Å². The van der Waals surface area contributed by atoms with Crippen molar-refractivity contribution in [3.8, 4) is 0 Å². The number of amides is 1. The van der Waals surface area contributed by atoms with Crippen LogP contribution in [0.5, 0.6) is 0 Å². The van der Waals surface area contributed by atoms with Crippen molar-refractivity contribution >= 4 is 5.91 Å². The van der Waals surface area contributed by atoms with E-state index >= 15 is 0 Å². The lowest BCUT2D eigenvalue weighted by Crippen LogP contribution is -2.46. The summed E-state index contributed by atoms with van der Waals surface area (Å²) in [6.45, 7) is 0.328. The number of halogens is 1. The van der Waals surface area contributed by atoms with Gasteiger partial charge in [0.1, 0.15) is 6.17 Å². The molecule has 92 valence electrons. The van der Waals surface area contributed by atoms with Gasteiger partial charge in [0.2, 0.25) is 5.91 Å². The molecule has 2 aliphatic rings. The van der Waals surface area contributed by atoms with E-state index in [4.69, 9.17) is 0 Å². The molecule has 1 aliphatic carbocycles. The van der Waals surface area contributed by atoms with Crippen LogP contribution in [0.3, 0.4) is 0 Å². The monoisotopic (exact) mass is 228 g/mol. The van der Waals surface area contributed by atoms with Crippen LogP contribution in [0.1, 0.15) is 38.5 Å². The van der Waals surface area contributed by atoms with E-state index in [1.807, 2.05) is 11.9 Å². The molecule has 3 nitrogen and oxygen atoms in total. The average Bonchev–Trinajstić information content (AvgIpc) is 2.75. The first kappa shape index (κ1) is 11.8. The first-order valence-corrected chi connectivity index (χ1v) is 6.32. The molecule has 4 heteroatoms. The van der Waals surface area contributed by atoms with E-state index in [0.29, 0.717) is 19.0 Å². The normalized spacial score (nSPS) is 31.6. The minimum absolute atomic E-state index is 0.0760. The van der Waals surface area contributed by atoms with Crippen molar-refractivity contribution in [3.63, 3.8) is 0 Å². The van der Waals surface area contributed by atoms with E-state index in [1.165, 1.54) is 19.3 Å². The molecule has 2 fully saturated rings. The predicted molar refractivity (Wildman–Crippen MR) is 60.9 cm³/mol. The Morgan fingerprint density at radius 3 is 2.56 bits per heavy atom. The van der Waals surface area contributed by atoms with Gasteiger partial charge in [0.25, 0.3) is 0 Å². The summed E-state index contributed by atoms with van der Waals surface area (Å²) < 4.78 is 13.0. The van der Waals surface area contributed by atoms with E-state index in [9.17, 15) is 9.18 Å². The molecule has 16 heavy (non-hydrogen) atoms. The summed E-state index contributed by atoms with van der Waals surface area (Å²) >= 11 is 0. The van der Waals surface area contributed by atoms with Crippen LogP contribution < -0.4 is 5.32 Å². The molecule has 1 amide bonds. The zero-order valence-corrected chi connectivity index (χ0v) is 9.92. The third-order valence-electron chi connectivity index (χ3n) is 3.85. The summed E-state index contributed by atoms with van der Waals surface area (Å²) in [6, 6.07) is 0.0867. The largest absolute Gasteiger partial charge is 0.341 e. The molecule has 0 aromatic heterocycles. The third kappa shape index (κ3) is 2.54. The Morgan fingerprint density at radius 2 is 2.00 bits per heavy atom. The number of nitrogens with zero attached hydrogens (tertiary/aromatic N) is 1. The highest BCUT2D eigenvalue weighted by Crippen LogP contribution is 2.23. The second kappa shape index (κ2) is 5.13. The molecule has 0 unspecified atom stereocenters. The first-order chi connectivity index (χ1) is 7.68. The van der Waals surface area contributed by atoms with Crippen LogP contribution in [0.2, 0.25) is 0 Å². The number of nitrogens with one attached hydrogen (secondary N) is 1. The highest BCUT2D eigenvalue weighted by atomic mass is 19.1. The Bertz CT molecular complexity index is 253. The number of carbonyl (C=O) groups is 1. The minimum atomic E-state index is -0.853. The summed E-state index contributed by atoms with van der Waals surface area (Å²) in [6.07, 6.45) is 5.41. The maximum Gasteiger partial charge on any atom is 0.239 e. The molecule has 0 aromatic rings. The van der Waals surface area contributed by atoms with E-state index in [2.05, 4.69) is 5.32 Å². The fourth-order valence-corrected chi connectivity index (χ4v) is 2.77. The number of likely N-dealkylation sites (N-methyl/N-ethyl adjacent to an activating group) is 1. The van der Waals surface area contributed by atoms with Crippen molar-refractivity contribution in [2.75, 3.05) is 13.6 Å². The molecule has 0 spiro atoms. The van der Waals surface area contributed by atoms with Crippen molar-refractivity contribution in [2.45, 2.75) is 56.8 Å². The number of hydrogen-bond donors (Lipinski definition) is 1. The SMILES string of the molecule is CN(C(=O)[C@H]1C[C@H](F)CN1)C1CCCCC1. The van der Waals surface area contributed by atoms with Gasteiger partial charge in [-0.05, 0) is 12.8 Å². The molecule has 1 saturated heterocycles. The number of alkyl halides is 1. The maximum atomic E-state index is 13.0. The number of rotatable bonds is 2. The summed E-state index contributed by atoms with van der Waals surface area (Å²) in [5, 5.41) is 2.96. The molecule has 0 aromatic carbocycles. The molecular formula is C12H21FN2O. The molecule has 1 heterocycles. The van der Waals surface area contributed by atoms with Crippen molar-refractivity contribution in [2.24, 2.45) is 0 Å². The number of hydrogen-bond acceptors (Lipinski definition) is 2. The second-order valence-corrected chi connectivity index (χ2v) is 5.03. The minimum Gasteiger partial charge on any atom is -0.341 e. The topological polar surface area (TPSA) is 32.3 Å². The predicted octanol–water partition coefficient (Wildman–Crippen LogP) is 1.48.